The molecule has 0 saturated heterocycles. The van der Waals surface area contributed by atoms with Gasteiger partial charge >= 0.3 is 6.09 Å². The zero-order chi connectivity index (χ0) is 24.8. The molecule has 0 aliphatic heterocycles. The number of ether oxygens (including phenoxy) is 1. The van der Waals surface area contributed by atoms with Gasteiger partial charge < -0.3 is 20.3 Å². The Morgan fingerprint density at radius 1 is 1.09 bits per heavy atom. The third kappa shape index (κ3) is 8.06. The lowest BCUT2D eigenvalue weighted by Crippen LogP contribution is -2.54. The second kappa shape index (κ2) is 11.5. The van der Waals surface area contributed by atoms with Crippen LogP contribution in [-0.2, 0) is 14.3 Å². The predicted molar refractivity (Wildman–Crippen MR) is 130 cm³/mol. The lowest BCUT2D eigenvalue weighted by Gasteiger charge is -2.34. The van der Waals surface area contributed by atoms with E-state index in [2.05, 4.69) is 10.6 Å². The minimum atomic E-state index is -0.820. The van der Waals surface area contributed by atoms with Crippen molar-refractivity contribution in [1.29, 1.82) is 0 Å². The standard InChI is InChI=1S/C26H41N3O4/c1-17(2)21(28-25(32)33-26(4,5)6)24(31)29(7)22(19-13-11-12-18(3)16-19)23(30)27-20-14-9-8-10-15-20/h11-13,16-17,20-22H,8-10,14-15H2,1-7H3,(H,27,30)(H,28,32). The van der Waals surface area contributed by atoms with Gasteiger partial charge in [-0.1, -0.05) is 62.9 Å². The van der Waals surface area contributed by atoms with Crippen LogP contribution in [0.1, 0.15) is 83.9 Å². The van der Waals surface area contributed by atoms with E-state index >= 15 is 0 Å². The van der Waals surface area contributed by atoms with Crippen molar-refractivity contribution in [3.63, 3.8) is 0 Å². The topological polar surface area (TPSA) is 87.7 Å². The first-order chi connectivity index (χ1) is 15.4. The molecule has 184 valence electrons. The van der Waals surface area contributed by atoms with Gasteiger partial charge in [-0.05, 0) is 52.0 Å². The minimum absolute atomic E-state index is 0.128. The number of hydrogen-bond acceptors (Lipinski definition) is 4. The molecule has 7 nitrogen and oxygen atoms in total. The molecule has 0 spiro atoms. The molecular weight excluding hydrogens is 418 g/mol. The van der Waals surface area contributed by atoms with Crippen molar-refractivity contribution in [2.75, 3.05) is 7.05 Å². The lowest BCUT2D eigenvalue weighted by atomic mass is 9.94. The molecule has 2 atom stereocenters. The Balaban J connectivity index is 2.28. The lowest BCUT2D eigenvalue weighted by molar-refractivity contribution is -0.142. The van der Waals surface area contributed by atoms with Gasteiger partial charge in [-0.25, -0.2) is 4.79 Å². The largest absolute Gasteiger partial charge is 0.444 e. The van der Waals surface area contributed by atoms with Crippen molar-refractivity contribution in [2.45, 2.75) is 97.4 Å². The second-order valence-electron chi connectivity index (χ2n) is 10.5. The molecule has 0 bridgehead atoms. The number of carbonyl (C=O) groups is 3. The molecule has 3 amide bonds. The number of carbonyl (C=O) groups excluding carboxylic acids is 3. The van der Waals surface area contributed by atoms with E-state index in [0.717, 1.165) is 36.8 Å². The van der Waals surface area contributed by atoms with E-state index in [9.17, 15) is 14.4 Å². The van der Waals surface area contributed by atoms with Gasteiger partial charge in [-0.3, -0.25) is 9.59 Å². The summed E-state index contributed by atoms with van der Waals surface area (Å²) < 4.78 is 5.36. The quantitative estimate of drug-likeness (QED) is 0.629. The fourth-order valence-electron chi connectivity index (χ4n) is 4.21. The van der Waals surface area contributed by atoms with Crippen LogP contribution in [0.2, 0.25) is 0 Å². The summed E-state index contributed by atoms with van der Waals surface area (Å²) in [5.41, 5.74) is 1.08. The van der Waals surface area contributed by atoms with Crippen LogP contribution < -0.4 is 10.6 Å². The van der Waals surface area contributed by atoms with E-state index in [1.165, 1.54) is 11.3 Å². The zero-order valence-electron chi connectivity index (χ0n) is 21.2. The monoisotopic (exact) mass is 459 g/mol. The highest BCUT2D eigenvalue weighted by Gasteiger charge is 2.36. The zero-order valence-corrected chi connectivity index (χ0v) is 21.2. The maximum absolute atomic E-state index is 13.6. The Hall–Kier alpha value is -2.57. The van der Waals surface area contributed by atoms with E-state index in [-0.39, 0.29) is 23.8 Å². The molecule has 0 aromatic heterocycles. The molecule has 1 aliphatic carbocycles. The highest BCUT2D eigenvalue weighted by molar-refractivity contribution is 5.92. The van der Waals surface area contributed by atoms with Crippen molar-refractivity contribution in [3.8, 4) is 0 Å². The number of alkyl carbamates (subject to hydrolysis) is 1. The third-order valence-corrected chi connectivity index (χ3v) is 5.90. The Bertz CT molecular complexity index is 825. The Labute approximate surface area is 198 Å². The molecule has 1 fully saturated rings. The number of nitrogens with zero attached hydrogens (tertiary/aromatic N) is 1. The molecule has 0 radical (unpaired) electrons. The molecule has 2 N–H and O–H groups in total. The Morgan fingerprint density at radius 2 is 1.73 bits per heavy atom. The highest BCUT2D eigenvalue weighted by Crippen LogP contribution is 2.25. The van der Waals surface area contributed by atoms with Crippen LogP contribution >= 0.6 is 0 Å². The van der Waals surface area contributed by atoms with Gasteiger partial charge in [0.25, 0.3) is 0 Å². The van der Waals surface area contributed by atoms with Crippen molar-refractivity contribution in [1.82, 2.24) is 15.5 Å². The van der Waals surface area contributed by atoms with Gasteiger partial charge in [-0.15, -0.1) is 0 Å². The van der Waals surface area contributed by atoms with Crippen molar-refractivity contribution in [2.24, 2.45) is 5.92 Å². The number of amides is 3. The van der Waals surface area contributed by atoms with E-state index in [4.69, 9.17) is 4.74 Å². The fraction of sp³-hybridized carbons (Fsp3) is 0.654. The van der Waals surface area contributed by atoms with Crippen LogP contribution in [0, 0.1) is 12.8 Å². The first-order valence-electron chi connectivity index (χ1n) is 12.0. The summed E-state index contributed by atoms with van der Waals surface area (Å²) in [6.07, 6.45) is 4.66. The summed E-state index contributed by atoms with van der Waals surface area (Å²) in [5.74, 6) is -0.712. The van der Waals surface area contributed by atoms with Crippen LogP contribution in [0.3, 0.4) is 0 Å². The molecule has 1 aliphatic rings. The summed E-state index contributed by atoms with van der Waals surface area (Å²) in [4.78, 5) is 40.9. The molecule has 1 aromatic carbocycles. The van der Waals surface area contributed by atoms with Gasteiger partial charge in [0.2, 0.25) is 11.8 Å². The van der Waals surface area contributed by atoms with Crippen molar-refractivity contribution in [3.05, 3.63) is 35.4 Å². The van der Waals surface area contributed by atoms with Gasteiger partial charge in [0.15, 0.2) is 0 Å². The molecule has 33 heavy (non-hydrogen) atoms. The summed E-state index contributed by atoms with van der Waals surface area (Å²) in [5, 5.41) is 5.88. The average Bonchev–Trinajstić information content (AvgIpc) is 2.71. The molecule has 2 unspecified atom stereocenters. The molecule has 7 heteroatoms. The minimum Gasteiger partial charge on any atom is -0.444 e. The molecule has 1 aromatic rings. The number of likely N-dealkylation sites (N-methyl/N-ethyl adjacent to an activating group) is 1. The van der Waals surface area contributed by atoms with E-state index < -0.39 is 23.8 Å². The highest BCUT2D eigenvalue weighted by atomic mass is 16.6. The fourth-order valence-corrected chi connectivity index (χ4v) is 4.21. The first kappa shape index (κ1) is 26.7. The van der Waals surface area contributed by atoms with Crippen LogP contribution in [0.25, 0.3) is 0 Å². The normalized spacial score (nSPS) is 16.6. The molecular formula is C26H41N3O4. The molecule has 0 heterocycles. The van der Waals surface area contributed by atoms with Gasteiger partial charge in [0.1, 0.15) is 17.7 Å². The van der Waals surface area contributed by atoms with Crippen LogP contribution in [0.5, 0.6) is 0 Å². The number of rotatable bonds is 7. The van der Waals surface area contributed by atoms with Gasteiger partial charge in [-0.2, -0.15) is 0 Å². The SMILES string of the molecule is Cc1cccc(C(C(=O)NC2CCCCC2)N(C)C(=O)C(NC(=O)OC(C)(C)C)C(C)C)c1. The van der Waals surface area contributed by atoms with Crippen LogP contribution in [0.4, 0.5) is 4.79 Å². The number of hydrogen-bond donors (Lipinski definition) is 2. The maximum atomic E-state index is 13.6. The summed E-state index contributed by atoms with van der Waals surface area (Å²) in [6.45, 7) is 11.0. The van der Waals surface area contributed by atoms with Crippen LogP contribution in [-0.4, -0.2) is 47.5 Å². The van der Waals surface area contributed by atoms with Crippen LogP contribution in [0.15, 0.2) is 24.3 Å². The number of benzene rings is 1. The van der Waals surface area contributed by atoms with E-state index in [0.29, 0.717) is 0 Å². The summed E-state index contributed by atoms with van der Waals surface area (Å²) >= 11 is 0. The van der Waals surface area contributed by atoms with Crippen molar-refractivity contribution >= 4 is 17.9 Å². The molecule has 2 rings (SSSR count). The van der Waals surface area contributed by atoms with E-state index in [1.807, 2.05) is 45.0 Å². The average molecular weight is 460 g/mol. The van der Waals surface area contributed by atoms with E-state index in [1.54, 1.807) is 27.8 Å². The Kier molecular flexibility index (Phi) is 9.32. The van der Waals surface area contributed by atoms with Gasteiger partial charge in [0, 0.05) is 13.1 Å². The predicted octanol–water partition coefficient (Wildman–Crippen LogP) is 4.49. The van der Waals surface area contributed by atoms with Gasteiger partial charge in [0.05, 0.1) is 0 Å². The maximum Gasteiger partial charge on any atom is 0.408 e. The summed E-state index contributed by atoms with van der Waals surface area (Å²) in [6, 6.07) is 6.17. The number of aryl methyl sites for hydroxylation is 1. The smallest absolute Gasteiger partial charge is 0.408 e. The number of nitrogens with one attached hydrogen (secondary N) is 2. The second-order valence-corrected chi connectivity index (χ2v) is 10.5. The van der Waals surface area contributed by atoms with Crippen molar-refractivity contribution < 1.29 is 19.1 Å². The summed E-state index contributed by atoms with van der Waals surface area (Å²) in [7, 11) is 1.63. The third-order valence-electron chi connectivity index (χ3n) is 5.90. The first-order valence-corrected chi connectivity index (χ1v) is 12.0. The molecule has 1 saturated carbocycles. The Morgan fingerprint density at radius 3 is 2.27 bits per heavy atom.